The van der Waals surface area contributed by atoms with Gasteiger partial charge in [0.15, 0.2) is 0 Å². The first-order valence-electron chi connectivity index (χ1n) is 19.4. The van der Waals surface area contributed by atoms with E-state index in [-0.39, 0.29) is 39.3 Å². The van der Waals surface area contributed by atoms with Crippen molar-refractivity contribution in [2.24, 2.45) is 5.92 Å². The molecule has 0 bridgehead atoms. The first-order chi connectivity index (χ1) is 29.8. The summed E-state index contributed by atoms with van der Waals surface area (Å²) in [5, 5.41) is 39.2. The summed E-state index contributed by atoms with van der Waals surface area (Å²) in [5.41, 5.74) is 8.71. The number of aliphatic carboxylic acids is 1. The summed E-state index contributed by atoms with van der Waals surface area (Å²) in [6.45, 7) is 6.13. The number of aryl methyl sites for hydroxylation is 1. The largest absolute Gasteiger partial charge is 0.488 e. The number of nitriles is 2. The van der Waals surface area contributed by atoms with Gasteiger partial charge in [-0.3, -0.25) is 14.8 Å². The molecule has 0 spiro atoms. The van der Waals surface area contributed by atoms with Crippen LogP contribution in [0.5, 0.6) is 23.0 Å². The number of pyridine rings is 2. The van der Waals surface area contributed by atoms with Crippen LogP contribution in [-0.2, 0) is 37.6 Å². The fourth-order valence-electron chi connectivity index (χ4n) is 6.78. The Kier molecular flexibility index (Phi) is 15.3. The van der Waals surface area contributed by atoms with E-state index in [2.05, 4.69) is 34.2 Å². The second-order valence-electron chi connectivity index (χ2n) is 14.5. The van der Waals surface area contributed by atoms with Crippen molar-refractivity contribution in [2.75, 3.05) is 0 Å². The molecule has 0 saturated carbocycles. The quantitative estimate of drug-likeness (QED) is 0.0842. The van der Waals surface area contributed by atoms with E-state index in [1.807, 2.05) is 38.1 Å². The molecule has 0 unspecified atom stereocenters. The number of ether oxygens (including phenoxy) is 4. The molecule has 0 aliphatic heterocycles. The number of carboxylic acid groups (broad SMARTS) is 1. The van der Waals surface area contributed by atoms with Crippen LogP contribution in [0.2, 0.25) is 15.1 Å². The van der Waals surface area contributed by atoms with E-state index in [1.54, 1.807) is 48.8 Å². The standard InChI is InChI=1S/C48H41Cl3N4O7/c1-28-36(26-61-45-16-44(59-24-33-12-31(18-52)20-54-22-33)35(14-41(45)49)10-11-40(30(3)56)48(57)58)6-4-8-38(28)39-9-5-7-37(29(39)2)27-62-47-17-46(42(50)15-43(47)51)60-25-34-13-32(19-53)21-55-23-34/h4-9,12-17,20-23,30,40,56H,10-11,24-27H2,1-3H3,(H,57,58)/t30-,40+/m1/s1. The van der Waals surface area contributed by atoms with E-state index >= 15 is 0 Å². The normalized spacial score (nSPS) is 11.8. The van der Waals surface area contributed by atoms with E-state index in [1.165, 1.54) is 19.3 Å². The molecule has 316 valence electrons. The molecule has 14 heteroatoms. The topological polar surface area (TPSA) is 168 Å². The van der Waals surface area contributed by atoms with E-state index in [0.717, 1.165) is 33.4 Å². The van der Waals surface area contributed by atoms with E-state index < -0.39 is 18.0 Å². The minimum Gasteiger partial charge on any atom is -0.488 e. The van der Waals surface area contributed by atoms with Crippen LogP contribution in [-0.4, -0.2) is 32.3 Å². The summed E-state index contributed by atoms with van der Waals surface area (Å²) in [5.74, 6) is -0.535. The summed E-state index contributed by atoms with van der Waals surface area (Å²) >= 11 is 19.8. The zero-order chi connectivity index (χ0) is 44.3. The number of hydrogen-bond donors (Lipinski definition) is 2. The van der Waals surface area contributed by atoms with Crippen LogP contribution in [0.15, 0.2) is 97.6 Å². The Bertz CT molecular complexity index is 2680. The van der Waals surface area contributed by atoms with Crippen molar-refractivity contribution in [1.82, 2.24) is 9.97 Å². The predicted octanol–water partition coefficient (Wildman–Crippen LogP) is 10.8. The molecular weight excluding hydrogens is 851 g/mol. The fourth-order valence-corrected chi connectivity index (χ4v) is 7.51. The molecule has 11 nitrogen and oxygen atoms in total. The monoisotopic (exact) mass is 890 g/mol. The van der Waals surface area contributed by atoms with Crippen molar-refractivity contribution >= 4 is 40.8 Å². The Hall–Kier alpha value is -6.34. The highest BCUT2D eigenvalue weighted by Crippen LogP contribution is 2.39. The lowest BCUT2D eigenvalue weighted by atomic mass is 9.92. The molecule has 6 rings (SSSR count). The van der Waals surface area contributed by atoms with Gasteiger partial charge in [-0.2, -0.15) is 10.5 Å². The lowest BCUT2D eigenvalue weighted by Crippen LogP contribution is -2.26. The van der Waals surface area contributed by atoms with Gasteiger partial charge in [0.2, 0.25) is 0 Å². The Morgan fingerprint density at radius 2 is 1.10 bits per heavy atom. The Morgan fingerprint density at radius 3 is 1.56 bits per heavy atom. The lowest BCUT2D eigenvalue weighted by Gasteiger charge is -2.19. The summed E-state index contributed by atoms with van der Waals surface area (Å²) < 4.78 is 24.7. The third-order valence-corrected chi connectivity index (χ3v) is 11.2. The van der Waals surface area contributed by atoms with Gasteiger partial charge in [0.25, 0.3) is 0 Å². The number of carbonyl (C=O) groups is 1. The van der Waals surface area contributed by atoms with Crippen molar-refractivity contribution in [3.05, 3.63) is 163 Å². The minimum absolute atomic E-state index is 0.0840. The van der Waals surface area contributed by atoms with Crippen LogP contribution >= 0.6 is 34.8 Å². The maximum Gasteiger partial charge on any atom is 0.309 e. The highest BCUT2D eigenvalue weighted by Gasteiger charge is 2.24. The maximum atomic E-state index is 11.8. The molecule has 2 heterocycles. The summed E-state index contributed by atoms with van der Waals surface area (Å²) in [4.78, 5) is 20.0. The van der Waals surface area contributed by atoms with Crippen LogP contribution in [0, 0.1) is 42.4 Å². The van der Waals surface area contributed by atoms with Crippen molar-refractivity contribution < 1.29 is 34.0 Å². The molecule has 62 heavy (non-hydrogen) atoms. The van der Waals surface area contributed by atoms with Gasteiger partial charge in [-0.05, 0) is 96.8 Å². The first kappa shape index (κ1) is 45.2. The average molecular weight is 892 g/mol. The Labute approximate surface area is 374 Å². The van der Waals surface area contributed by atoms with Crippen LogP contribution in [0.4, 0.5) is 0 Å². The number of nitrogens with zero attached hydrogens (tertiary/aromatic N) is 4. The molecule has 0 fully saturated rings. The number of aliphatic hydroxyl groups is 1. The predicted molar refractivity (Wildman–Crippen MR) is 236 cm³/mol. The van der Waals surface area contributed by atoms with Crippen LogP contribution in [0.1, 0.15) is 63.4 Å². The second kappa shape index (κ2) is 21.0. The van der Waals surface area contributed by atoms with Crippen LogP contribution in [0.3, 0.4) is 0 Å². The highest BCUT2D eigenvalue weighted by molar-refractivity contribution is 6.36. The smallest absolute Gasteiger partial charge is 0.309 e. The van der Waals surface area contributed by atoms with Gasteiger partial charge in [-0.15, -0.1) is 0 Å². The molecule has 0 amide bonds. The zero-order valence-corrected chi connectivity index (χ0v) is 36.3. The average Bonchev–Trinajstić information content (AvgIpc) is 3.26. The summed E-state index contributed by atoms with van der Waals surface area (Å²) in [6, 6.07) is 26.1. The van der Waals surface area contributed by atoms with Crippen molar-refractivity contribution in [3.8, 4) is 46.3 Å². The lowest BCUT2D eigenvalue weighted by molar-refractivity contribution is -0.145. The van der Waals surface area contributed by atoms with Gasteiger partial charge in [-0.1, -0.05) is 71.2 Å². The summed E-state index contributed by atoms with van der Waals surface area (Å²) in [6.07, 6.45) is 5.51. The number of rotatable bonds is 18. The summed E-state index contributed by atoms with van der Waals surface area (Å²) in [7, 11) is 0. The first-order valence-corrected chi connectivity index (χ1v) is 20.6. The third-order valence-electron chi connectivity index (χ3n) is 10.3. The molecule has 6 aromatic rings. The number of aliphatic hydroxyl groups excluding tert-OH is 1. The highest BCUT2D eigenvalue weighted by atomic mass is 35.5. The number of carboxylic acids is 1. The minimum atomic E-state index is -1.10. The van der Waals surface area contributed by atoms with Gasteiger partial charge in [0, 0.05) is 48.0 Å². The molecule has 0 radical (unpaired) electrons. The van der Waals surface area contributed by atoms with Crippen LogP contribution in [0.25, 0.3) is 11.1 Å². The van der Waals surface area contributed by atoms with Gasteiger partial charge >= 0.3 is 5.97 Å². The van der Waals surface area contributed by atoms with Gasteiger partial charge in [-0.25, -0.2) is 0 Å². The molecule has 0 aliphatic carbocycles. The molecular formula is C48H41Cl3N4O7. The van der Waals surface area contributed by atoms with Crippen molar-refractivity contribution in [1.29, 1.82) is 10.5 Å². The number of benzene rings is 4. The molecule has 0 aliphatic rings. The number of halogens is 3. The van der Waals surface area contributed by atoms with E-state index in [0.29, 0.717) is 65.9 Å². The van der Waals surface area contributed by atoms with Gasteiger partial charge in [0.05, 0.1) is 38.2 Å². The maximum absolute atomic E-state index is 11.8. The molecule has 2 aromatic heterocycles. The number of aromatic nitrogens is 2. The van der Waals surface area contributed by atoms with Crippen molar-refractivity contribution in [2.45, 2.75) is 66.1 Å². The number of hydrogen-bond acceptors (Lipinski definition) is 10. The fraction of sp³-hybridized carbons (Fsp3) is 0.229. The van der Waals surface area contributed by atoms with E-state index in [4.69, 9.17) is 53.8 Å². The van der Waals surface area contributed by atoms with Gasteiger partial charge < -0.3 is 29.2 Å². The Balaban J connectivity index is 1.18. The SMILES string of the molecule is Cc1c(COc2cc(OCc3cncc(C#N)c3)c(Cl)cc2Cl)cccc1-c1cccc(COc2cc(OCc3cncc(C#N)c3)c(CC[C@H](C(=O)O)[C@@H](C)O)cc2Cl)c1C. The molecule has 4 aromatic carbocycles. The van der Waals surface area contributed by atoms with Gasteiger partial charge in [0.1, 0.15) is 61.6 Å². The molecule has 2 atom stereocenters. The zero-order valence-electron chi connectivity index (χ0n) is 34.0. The molecule has 2 N–H and O–H groups in total. The van der Waals surface area contributed by atoms with E-state index in [9.17, 15) is 25.5 Å². The molecule has 0 saturated heterocycles. The Morgan fingerprint density at radius 1 is 0.645 bits per heavy atom. The second-order valence-corrected chi connectivity index (χ2v) is 15.8. The third kappa shape index (κ3) is 11.3. The van der Waals surface area contributed by atoms with Crippen LogP contribution < -0.4 is 18.9 Å². The van der Waals surface area contributed by atoms with Crippen molar-refractivity contribution in [3.63, 3.8) is 0 Å².